The van der Waals surface area contributed by atoms with Crippen LogP contribution in [0.4, 0.5) is 0 Å². The van der Waals surface area contributed by atoms with Crippen molar-refractivity contribution in [3.63, 3.8) is 0 Å². The molecule has 128 valence electrons. The van der Waals surface area contributed by atoms with Crippen LogP contribution in [-0.2, 0) is 0 Å². The van der Waals surface area contributed by atoms with Gasteiger partial charge in [-0.15, -0.1) is 0 Å². The molecule has 0 aliphatic heterocycles. The molecule has 0 aromatic heterocycles. The second-order valence-electron chi connectivity index (χ2n) is 5.81. The number of rotatable bonds is 9. The number of hydrogen-bond acceptors (Lipinski definition) is 4. The van der Waals surface area contributed by atoms with E-state index in [2.05, 4.69) is 24.4 Å². The summed E-state index contributed by atoms with van der Waals surface area (Å²) in [5.41, 5.74) is 1.87. The van der Waals surface area contributed by atoms with E-state index < -0.39 is 6.10 Å². The molecular formula is C20H25NO3. The van der Waals surface area contributed by atoms with Crippen LogP contribution in [-0.4, -0.2) is 30.1 Å². The second kappa shape index (κ2) is 9.21. The number of nitrogens with one attached hydrogen (secondary N) is 1. The Labute approximate surface area is 143 Å². The topological polar surface area (TPSA) is 58.6 Å². The van der Waals surface area contributed by atoms with Crippen molar-refractivity contribution in [2.45, 2.75) is 32.4 Å². The fraction of sp³-hybridized carbons (Fsp3) is 0.350. The predicted octanol–water partition coefficient (Wildman–Crippen LogP) is 3.37. The molecule has 4 nitrogen and oxygen atoms in total. The molecule has 0 radical (unpaired) electrons. The molecule has 0 saturated heterocycles. The monoisotopic (exact) mass is 327 g/mol. The van der Waals surface area contributed by atoms with E-state index in [0.717, 1.165) is 0 Å². The minimum atomic E-state index is -0.604. The van der Waals surface area contributed by atoms with Gasteiger partial charge in [0.1, 0.15) is 18.5 Å². The smallest absolute Gasteiger partial charge is 0.162 e. The Kier molecular flexibility index (Phi) is 6.97. The van der Waals surface area contributed by atoms with E-state index in [4.69, 9.17) is 4.74 Å². The largest absolute Gasteiger partial charge is 0.491 e. The van der Waals surface area contributed by atoms with E-state index >= 15 is 0 Å². The first-order valence-corrected chi connectivity index (χ1v) is 8.32. The van der Waals surface area contributed by atoms with Crippen molar-refractivity contribution in [1.82, 2.24) is 5.32 Å². The Morgan fingerprint density at radius 3 is 2.42 bits per heavy atom. The van der Waals surface area contributed by atoms with Gasteiger partial charge in [0.15, 0.2) is 5.78 Å². The lowest BCUT2D eigenvalue weighted by Gasteiger charge is -2.18. The Hall–Kier alpha value is -2.17. The number of aliphatic hydroxyl groups is 1. The normalized spacial score (nSPS) is 13.3. The van der Waals surface area contributed by atoms with Crippen LogP contribution in [0.15, 0.2) is 54.6 Å². The zero-order valence-electron chi connectivity index (χ0n) is 14.2. The number of benzene rings is 2. The van der Waals surface area contributed by atoms with Gasteiger partial charge in [0.2, 0.25) is 0 Å². The van der Waals surface area contributed by atoms with Crippen molar-refractivity contribution in [3.8, 4) is 5.75 Å². The van der Waals surface area contributed by atoms with E-state index in [1.807, 2.05) is 25.1 Å². The van der Waals surface area contributed by atoms with E-state index in [0.29, 0.717) is 24.3 Å². The van der Waals surface area contributed by atoms with E-state index in [1.54, 1.807) is 24.3 Å². The summed E-state index contributed by atoms with van der Waals surface area (Å²) in [7, 11) is 0. The maximum absolute atomic E-state index is 11.6. The average Bonchev–Trinajstić information content (AvgIpc) is 2.64. The van der Waals surface area contributed by atoms with Crippen molar-refractivity contribution in [2.24, 2.45) is 0 Å². The number of aliphatic hydroxyl groups excluding tert-OH is 1. The van der Waals surface area contributed by atoms with Crippen LogP contribution in [0.3, 0.4) is 0 Å². The average molecular weight is 327 g/mol. The van der Waals surface area contributed by atoms with Gasteiger partial charge < -0.3 is 15.2 Å². The molecule has 0 unspecified atom stereocenters. The summed E-state index contributed by atoms with van der Waals surface area (Å²) in [5.74, 6) is 0.762. The predicted molar refractivity (Wildman–Crippen MR) is 95.4 cm³/mol. The molecule has 0 saturated carbocycles. The van der Waals surface area contributed by atoms with Gasteiger partial charge in [-0.1, -0.05) is 37.3 Å². The zero-order chi connectivity index (χ0) is 17.4. The zero-order valence-corrected chi connectivity index (χ0v) is 14.2. The van der Waals surface area contributed by atoms with Gasteiger partial charge in [-0.05, 0) is 36.8 Å². The van der Waals surface area contributed by atoms with Gasteiger partial charge in [-0.25, -0.2) is 0 Å². The van der Waals surface area contributed by atoms with Crippen molar-refractivity contribution < 1.29 is 14.6 Å². The molecule has 0 aliphatic rings. The van der Waals surface area contributed by atoms with Gasteiger partial charge >= 0.3 is 0 Å². The Morgan fingerprint density at radius 1 is 1.12 bits per heavy atom. The second-order valence-corrected chi connectivity index (χ2v) is 5.81. The van der Waals surface area contributed by atoms with Crippen LogP contribution < -0.4 is 10.1 Å². The summed E-state index contributed by atoms with van der Waals surface area (Å²) >= 11 is 0. The highest BCUT2D eigenvalue weighted by atomic mass is 16.5. The van der Waals surface area contributed by atoms with E-state index in [-0.39, 0.29) is 18.4 Å². The van der Waals surface area contributed by atoms with Crippen molar-refractivity contribution in [2.75, 3.05) is 13.2 Å². The van der Waals surface area contributed by atoms with Crippen LogP contribution in [0.5, 0.6) is 5.75 Å². The molecular weight excluding hydrogens is 302 g/mol. The molecule has 2 atom stereocenters. The number of Topliss-reactive ketones (excluding diaryl/α,β-unsaturated/α-hetero) is 1. The first kappa shape index (κ1) is 18.2. The molecule has 2 N–H and O–H groups in total. The Bertz CT molecular complexity index is 625. The molecule has 2 aromatic rings. The van der Waals surface area contributed by atoms with E-state index in [1.165, 1.54) is 5.56 Å². The third kappa shape index (κ3) is 5.48. The van der Waals surface area contributed by atoms with Crippen molar-refractivity contribution >= 4 is 5.78 Å². The van der Waals surface area contributed by atoms with Gasteiger partial charge in [-0.2, -0.15) is 0 Å². The number of carbonyl (C=O) groups is 1. The van der Waals surface area contributed by atoms with Crippen LogP contribution in [0, 0.1) is 0 Å². The quantitative estimate of drug-likeness (QED) is 0.693. The molecule has 2 rings (SSSR count). The van der Waals surface area contributed by atoms with Crippen LogP contribution in [0.2, 0.25) is 0 Å². The summed E-state index contributed by atoms with van der Waals surface area (Å²) in [6.45, 7) is 4.55. The molecule has 0 bridgehead atoms. The summed E-state index contributed by atoms with van der Waals surface area (Å²) in [4.78, 5) is 11.6. The Balaban J connectivity index is 1.75. The third-order valence-electron chi connectivity index (χ3n) is 3.90. The standard InChI is InChI=1S/C20H25NO3/c1-3-20(23)17-9-11-19(12-10-17)24-14-18(22)13-21-15(2)16-7-5-4-6-8-16/h4-12,15,18,21-22H,3,13-14H2,1-2H3/t15-,18+/m0/s1. The third-order valence-corrected chi connectivity index (χ3v) is 3.90. The molecule has 4 heteroatoms. The molecule has 0 amide bonds. The van der Waals surface area contributed by atoms with Gasteiger partial charge in [0.05, 0.1) is 0 Å². The Morgan fingerprint density at radius 2 is 1.79 bits per heavy atom. The fourth-order valence-electron chi connectivity index (χ4n) is 2.36. The van der Waals surface area contributed by atoms with Gasteiger partial charge in [-0.3, -0.25) is 4.79 Å². The molecule has 2 aromatic carbocycles. The lowest BCUT2D eigenvalue weighted by Crippen LogP contribution is -2.33. The summed E-state index contributed by atoms with van der Waals surface area (Å²) in [5, 5.41) is 13.3. The van der Waals surface area contributed by atoms with Gasteiger partial charge in [0, 0.05) is 24.6 Å². The maximum Gasteiger partial charge on any atom is 0.162 e. The van der Waals surface area contributed by atoms with Crippen molar-refractivity contribution in [3.05, 3.63) is 65.7 Å². The lowest BCUT2D eigenvalue weighted by molar-refractivity contribution is 0.0986. The highest BCUT2D eigenvalue weighted by molar-refractivity contribution is 5.95. The number of hydrogen-bond donors (Lipinski definition) is 2. The SMILES string of the molecule is CCC(=O)c1ccc(OC[C@H](O)CN[C@@H](C)c2ccccc2)cc1. The molecule has 24 heavy (non-hydrogen) atoms. The minimum absolute atomic E-state index is 0.112. The van der Waals surface area contributed by atoms with E-state index in [9.17, 15) is 9.90 Å². The molecule has 0 spiro atoms. The van der Waals surface area contributed by atoms with Crippen LogP contribution in [0.1, 0.15) is 42.2 Å². The highest BCUT2D eigenvalue weighted by Gasteiger charge is 2.10. The first-order chi connectivity index (χ1) is 11.6. The summed E-state index contributed by atoms with van der Waals surface area (Å²) in [6, 6.07) is 17.3. The summed E-state index contributed by atoms with van der Waals surface area (Å²) in [6.07, 6.45) is -0.113. The van der Waals surface area contributed by atoms with Gasteiger partial charge in [0.25, 0.3) is 0 Å². The number of carbonyl (C=O) groups excluding carboxylic acids is 1. The number of ether oxygens (including phenoxy) is 1. The molecule has 0 fully saturated rings. The molecule has 0 heterocycles. The van der Waals surface area contributed by atoms with Crippen LogP contribution in [0.25, 0.3) is 0 Å². The fourth-order valence-corrected chi connectivity index (χ4v) is 2.36. The molecule has 0 aliphatic carbocycles. The maximum atomic E-state index is 11.6. The van der Waals surface area contributed by atoms with Crippen LogP contribution >= 0.6 is 0 Å². The minimum Gasteiger partial charge on any atom is -0.491 e. The number of ketones is 1. The first-order valence-electron chi connectivity index (χ1n) is 8.32. The van der Waals surface area contributed by atoms with Crippen molar-refractivity contribution in [1.29, 1.82) is 0 Å². The lowest BCUT2D eigenvalue weighted by atomic mass is 10.1. The summed E-state index contributed by atoms with van der Waals surface area (Å²) < 4.78 is 5.57. The highest BCUT2D eigenvalue weighted by Crippen LogP contribution is 2.14.